The summed E-state index contributed by atoms with van der Waals surface area (Å²) in [6.45, 7) is 0.223. The standard InChI is InChI=1S/C15H11BrN2O4S2/c16-7-3-4-9-8(6-7)11(13(21)17-9)12-14(22)18(15(23)24-12)5-1-2-10(19)20/h3-4,6H,1-2,5H2,(H,17,21)(H,19,20)/b12-11-. The van der Waals surface area contributed by atoms with E-state index in [1.807, 2.05) is 0 Å². The average molecular weight is 427 g/mol. The van der Waals surface area contributed by atoms with E-state index in [1.165, 1.54) is 4.90 Å². The number of nitrogens with one attached hydrogen (secondary N) is 1. The van der Waals surface area contributed by atoms with Gasteiger partial charge in [-0.05, 0) is 24.6 Å². The van der Waals surface area contributed by atoms with Gasteiger partial charge in [0.25, 0.3) is 11.8 Å². The zero-order valence-corrected chi connectivity index (χ0v) is 15.4. The Morgan fingerprint density at radius 2 is 2.12 bits per heavy atom. The van der Waals surface area contributed by atoms with Crippen LogP contribution in [-0.2, 0) is 14.4 Å². The molecule has 0 saturated carbocycles. The second-order valence-electron chi connectivity index (χ2n) is 5.17. The average Bonchev–Trinajstić information content (AvgIpc) is 2.96. The van der Waals surface area contributed by atoms with Gasteiger partial charge in [0.2, 0.25) is 0 Å². The minimum Gasteiger partial charge on any atom is -0.481 e. The summed E-state index contributed by atoms with van der Waals surface area (Å²) < 4.78 is 1.14. The number of rotatable bonds is 4. The van der Waals surface area contributed by atoms with Crippen LogP contribution in [0.15, 0.2) is 27.6 Å². The van der Waals surface area contributed by atoms with Gasteiger partial charge in [-0.3, -0.25) is 19.3 Å². The summed E-state index contributed by atoms with van der Waals surface area (Å²) in [5, 5.41) is 11.4. The summed E-state index contributed by atoms with van der Waals surface area (Å²) in [5.41, 5.74) is 1.61. The van der Waals surface area contributed by atoms with Crippen molar-refractivity contribution in [2.24, 2.45) is 0 Å². The fraction of sp³-hybridized carbons (Fsp3) is 0.200. The van der Waals surface area contributed by atoms with E-state index in [0.717, 1.165) is 16.2 Å². The number of hydrogen-bond donors (Lipinski definition) is 2. The molecule has 2 heterocycles. The van der Waals surface area contributed by atoms with E-state index in [1.54, 1.807) is 18.2 Å². The second-order valence-corrected chi connectivity index (χ2v) is 7.73. The van der Waals surface area contributed by atoms with Crippen LogP contribution in [0.5, 0.6) is 0 Å². The summed E-state index contributed by atoms with van der Waals surface area (Å²) >= 11 is 9.65. The van der Waals surface area contributed by atoms with Crippen LogP contribution in [-0.4, -0.2) is 38.7 Å². The topological polar surface area (TPSA) is 86.7 Å². The summed E-state index contributed by atoms with van der Waals surface area (Å²) in [6.07, 6.45) is 0.262. The van der Waals surface area contributed by atoms with Gasteiger partial charge in [0, 0.05) is 28.7 Å². The number of hydrogen-bond acceptors (Lipinski definition) is 5. The summed E-state index contributed by atoms with van der Waals surface area (Å²) in [4.78, 5) is 37.2. The van der Waals surface area contributed by atoms with Crippen molar-refractivity contribution < 1.29 is 19.5 Å². The molecule has 2 amide bonds. The SMILES string of the molecule is O=C(O)CCCN1C(=O)/C(=C2/C(=O)Nc3ccc(Br)cc32)SC1=S. The molecule has 3 rings (SSSR count). The molecular weight excluding hydrogens is 416 g/mol. The Hall–Kier alpha value is -1.71. The lowest BCUT2D eigenvalue weighted by Crippen LogP contribution is -2.29. The molecule has 1 aromatic rings. The van der Waals surface area contributed by atoms with E-state index >= 15 is 0 Å². The van der Waals surface area contributed by atoms with Gasteiger partial charge in [-0.25, -0.2) is 0 Å². The summed E-state index contributed by atoms with van der Waals surface area (Å²) in [6, 6.07) is 5.34. The van der Waals surface area contributed by atoms with Gasteiger partial charge in [-0.15, -0.1) is 0 Å². The van der Waals surface area contributed by atoms with Crippen LogP contribution in [0.25, 0.3) is 5.57 Å². The maximum atomic E-state index is 12.6. The number of anilines is 1. The molecule has 6 nitrogen and oxygen atoms in total. The molecule has 0 radical (unpaired) electrons. The molecule has 1 fully saturated rings. The number of fused-ring (bicyclic) bond motifs is 1. The Labute approximate surface area is 155 Å². The fourth-order valence-corrected chi connectivity index (χ4v) is 4.24. The van der Waals surface area contributed by atoms with Gasteiger partial charge in [-0.1, -0.05) is 39.9 Å². The van der Waals surface area contributed by atoms with E-state index < -0.39 is 5.97 Å². The first-order chi connectivity index (χ1) is 11.4. The van der Waals surface area contributed by atoms with Crippen LogP contribution >= 0.6 is 39.9 Å². The Morgan fingerprint density at radius 1 is 1.38 bits per heavy atom. The van der Waals surface area contributed by atoms with E-state index in [-0.39, 0.29) is 29.7 Å². The number of benzene rings is 1. The van der Waals surface area contributed by atoms with Gasteiger partial charge in [0.05, 0.1) is 10.5 Å². The van der Waals surface area contributed by atoms with E-state index in [4.69, 9.17) is 17.3 Å². The van der Waals surface area contributed by atoms with Crippen molar-refractivity contribution in [2.75, 3.05) is 11.9 Å². The van der Waals surface area contributed by atoms with Gasteiger partial charge < -0.3 is 10.4 Å². The zero-order valence-electron chi connectivity index (χ0n) is 12.2. The predicted octanol–water partition coefficient (Wildman–Crippen LogP) is 2.84. The van der Waals surface area contributed by atoms with E-state index in [9.17, 15) is 14.4 Å². The number of carbonyl (C=O) groups excluding carboxylic acids is 2. The lowest BCUT2D eigenvalue weighted by atomic mass is 10.1. The van der Waals surface area contributed by atoms with E-state index in [0.29, 0.717) is 27.6 Å². The fourth-order valence-electron chi connectivity index (χ4n) is 2.50. The molecule has 24 heavy (non-hydrogen) atoms. The summed E-state index contributed by atoms with van der Waals surface area (Å²) in [5.74, 6) is -1.62. The quantitative estimate of drug-likeness (QED) is 0.568. The first kappa shape index (κ1) is 17.1. The molecular formula is C15H11BrN2O4S2. The number of thioether (sulfide) groups is 1. The number of halogens is 1. The second kappa shape index (κ2) is 6.66. The van der Waals surface area contributed by atoms with Crippen LogP contribution < -0.4 is 5.32 Å². The van der Waals surface area contributed by atoms with Crippen molar-refractivity contribution in [3.8, 4) is 0 Å². The monoisotopic (exact) mass is 426 g/mol. The minimum atomic E-state index is -0.923. The number of nitrogens with zero attached hydrogens (tertiary/aromatic N) is 1. The third kappa shape index (κ3) is 3.11. The van der Waals surface area contributed by atoms with E-state index in [2.05, 4.69) is 21.2 Å². The predicted molar refractivity (Wildman–Crippen MR) is 98.5 cm³/mol. The first-order valence-corrected chi connectivity index (χ1v) is 9.01. The molecule has 0 bridgehead atoms. The maximum absolute atomic E-state index is 12.6. The smallest absolute Gasteiger partial charge is 0.303 e. The molecule has 0 unspecified atom stereocenters. The molecule has 2 aliphatic rings. The highest BCUT2D eigenvalue weighted by Crippen LogP contribution is 2.42. The summed E-state index contributed by atoms with van der Waals surface area (Å²) in [7, 11) is 0. The number of carboxylic acids is 1. The van der Waals surface area contributed by atoms with Gasteiger partial charge in [0.1, 0.15) is 4.32 Å². The number of carbonyl (C=O) groups is 3. The molecule has 2 N–H and O–H groups in total. The Kier molecular flexibility index (Phi) is 4.75. The Bertz CT molecular complexity index is 822. The van der Waals surface area contributed by atoms with Crippen LogP contribution in [0.2, 0.25) is 0 Å². The third-order valence-corrected chi connectivity index (χ3v) is 5.52. The molecule has 1 aromatic carbocycles. The van der Waals surface area contributed by atoms with Crippen LogP contribution in [0.1, 0.15) is 18.4 Å². The van der Waals surface area contributed by atoms with Crippen molar-refractivity contribution in [2.45, 2.75) is 12.8 Å². The molecule has 1 saturated heterocycles. The van der Waals surface area contributed by atoms with Crippen LogP contribution in [0.3, 0.4) is 0 Å². The lowest BCUT2D eigenvalue weighted by Gasteiger charge is -2.13. The van der Waals surface area contributed by atoms with Crippen molar-refractivity contribution in [1.82, 2.24) is 4.90 Å². The molecule has 0 aliphatic carbocycles. The first-order valence-electron chi connectivity index (χ1n) is 6.99. The number of carboxylic acid groups (broad SMARTS) is 1. The van der Waals surface area contributed by atoms with Gasteiger partial charge in [0.15, 0.2) is 0 Å². The maximum Gasteiger partial charge on any atom is 0.303 e. The molecule has 0 atom stereocenters. The van der Waals surface area contributed by atoms with Crippen molar-refractivity contribution in [3.05, 3.63) is 33.1 Å². The van der Waals surface area contributed by atoms with Crippen molar-refractivity contribution in [1.29, 1.82) is 0 Å². The normalized spacial score (nSPS) is 19.7. The molecule has 124 valence electrons. The largest absolute Gasteiger partial charge is 0.481 e. The Morgan fingerprint density at radius 3 is 2.83 bits per heavy atom. The van der Waals surface area contributed by atoms with Crippen LogP contribution in [0.4, 0.5) is 5.69 Å². The number of aliphatic carboxylic acids is 1. The van der Waals surface area contributed by atoms with Crippen molar-refractivity contribution >= 4 is 73.3 Å². The highest BCUT2D eigenvalue weighted by atomic mass is 79.9. The highest BCUT2D eigenvalue weighted by Gasteiger charge is 2.39. The highest BCUT2D eigenvalue weighted by molar-refractivity contribution is 9.10. The molecule has 2 aliphatic heterocycles. The van der Waals surface area contributed by atoms with Gasteiger partial charge in [-0.2, -0.15) is 0 Å². The van der Waals surface area contributed by atoms with Gasteiger partial charge >= 0.3 is 5.97 Å². The number of thiocarbonyl (C=S) groups is 1. The Balaban J connectivity index is 1.93. The lowest BCUT2D eigenvalue weighted by molar-refractivity contribution is -0.137. The van der Waals surface area contributed by atoms with Crippen LogP contribution in [0, 0.1) is 0 Å². The third-order valence-electron chi connectivity index (χ3n) is 3.57. The zero-order chi connectivity index (χ0) is 17.4. The number of amides is 2. The molecule has 0 spiro atoms. The van der Waals surface area contributed by atoms with Crippen molar-refractivity contribution in [3.63, 3.8) is 0 Å². The molecule has 0 aromatic heterocycles. The molecule has 9 heteroatoms. The minimum absolute atomic E-state index is 0.0424.